The molecule has 1 aliphatic rings. The Labute approximate surface area is 151 Å². The predicted molar refractivity (Wildman–Crippen MR) is 98.5 cm³/mol. The Morgan fingerprint density at radius 1 is 1.21 bits per heavy atom. The first-order chi connectivity index (χ1) is 11.6. The molecule has 0 unspecified atom stereocenters. The molecule has 0 aliphatic heterocycles. The van der Waals surface area contributed by atoms with Crippen LogP contribution in [-0.4, -0.2) is 27.7 Å². The first-order valence-electron chi connectivity index (χ1n) is 8.07. The third-order valence-corrected chi connectivity index (χ3v) is 5.54. The van der Waals surface area contributed by atoms with Crippen molar-refractivity contribution in [2.75, 3.05) is 17.7 Å². The average Bonchev–Trinajstić information content (AvgIpc) is 2.60. The van der Waals surface area contributed by atoms with E-state index in [1.165, 1.54) is 0 Å². The van der Waals surface area contributed by atoms with Crippen LogP contribution < -0.4 is 11.1 Å². The topological polar surface area (TPSA) is 84.1 Å². The Morgan fingerprint density at radius 3 is 2.58 bits per heavy atom. The van der Waals surface area contributed by atoms with Crippen molar-refractivity contribution >= 4 is 35.1 Å². The molecule has 24 heavy (non-hydrogen) atoms. The number of hydrogen-bond acceptors (Lipinski definition) is 6. The number of nitrogens with zero attached hydrogens (tertiary/aromatic N) is 2. The van der Waals surface area contributed by atoms with Crippen LogP contribution in [0.5, 0.6) is 0 Å². The molecule has 1 aliphatic carbocycles. The second-order valence-corrected chi connectivity index (χ2v) is 7.59. The van der Waals surface area contributed by atoms with Gasteiger partial charge in [0.05, 0.1) is 4.90 Å². The van der Waals surface area contributed by atoms with Crippen LogP contribution >= 0.6 is 23.4 Å². The van der Waals surface area contributed by atoms with Crippen LogP contribution in [0.3, 0.4) is 0 Å². The fraction of sp³-hybridized carbons (Fsp3) is 0.412. The van der Waals surface area contributed by atoms with Gasteiger partial charge in [0.1, 0.15) is 5.82 Å². The lowest BCUT2D eigenvalue weighted by Crippen LogP contribution is -2.28. The Morgan fingerprint density at radius 2 is 1.92 bits per heavy atom. The van der Waals surface area contributed by atoms with Crippen molar-refractivity contribution in [3.63, 3.8) is 0 Å². The molecule has 1 heterocycles. The van der Waals surface area contributed by atoms with Crippen molar-refractivity contribution in [1.82, 2.24) is 9.97 Å². The Balaban J connectivity index is 1.72. The first-order valence-corrected chi connectivity index (χ1v) is 9.27. The zero-order chi connectivity index (χ0) is 16.9. The van der Waals surface area contributed by atoms with Crippen molar-refractivity contribution in [1.29, 1.82) is 0 Å². The van der Waals surface area contributed by atoms with Crippen molar-refractivity contribution in [3.8, 4) is 0 Å². The molecule has 1 aromatic heterocycles. The number of rotatable bonds is 5. The first kappa shape index (κ1) is 17.3. The van der Waals surface area contributed by atoms with Gasteiger partial charge in [0.25, 0.3) is 0 Å². The summed E-state index contributed by atoms with van der Waals surface area (Å²) in [5.74, 6) is 1.47. The highest BCUT2D eigenvalue weighted by molar-refractivity contribution is 7.99. The summed E-state index contributed by atoms with van der Waals surface area (Å²) in [5.41, 5.74) is 5.77. The molecule has 4 N–H and O–H groups in total. The molecule has 0 bridgehead atoms. The summed E-state index contributed by atoms with van der Waals surface area (Å²) in [4.78, 5) is 10.5. The van der Waals surface area contributed by atoms with Gasteiger partial charge < -0.3 is 16.2 Å². The number of nitrogen functional groups attached to an aromatic ring is 1. The molecule has 3 rings (SSSR count). The van der Waals surface area contributed by atoms with E-state index in [0.717, 1.165) is 41.3 Å². The SMILES string of the molecule is Nc1ncc(Sc2ccc(Cl)cc2)c(NC2CCC(CO)CC2)n1. The maximum atomic E-state index is 9.26. The van der Waals surface area contributed by atoms with E-state index in [0.29, 0.717) is 17.0 Å². The van der Waals surface area contributed by atoms with Gasteiger partial charge in [-0.3, -0.25) is 0 Å². The summed E-state index contributed by atoms with van der Waals surface area (Å²) in [5, 5.41) is 13.5. The Bertz CT molecular complexity index is 675. The molecule has 0 spiro atoms. The van der Waals surface area contributed by atoms with Crippen molar-refractivity contribution in [2.45, 2.75) is 41.5 Å². The molecule has 128 valence electrons. The molecule has 1 aromatic carbocycles. The normalized spacial score (nSPS) is 20.8. The molecule has 0 atom stereocenters. The Hall–Kier alpha value is -1.50. The third kappa shape index (κ3) is 4.53. The van der Waals surface area contributed by atoms with Gasteiger partial charge in [-0.05, 0) is 55.9 Å². The number of hydrogen-bond donors (Lipinski definition) is 3. The number of anilines is 2. The van der Waals surface area contributed by atoms with Crippen LogP contribution in [-0.2, 0) is 0 Å². The quantitative estimate of drug-likeness (QED) is 0.747. The van der Waals surface area contributed by atoms with E-state index in [1.54, 1.807) is 18.0 Å². The molecule has 0 saturated heterocycles. The lowest BCUT2D eigenvalue weighted by Gasteiger charge is -2.28. The number of aliphatic hydroxyl groups excluding tert-OH is 1. The summed E-state index contributed by atoms with van der Waals surface area (Å²) < 4.78 is 0. The van der Waals surface area contributed by atoms with E-state index >= 15 is 0 Å². The minimum atomic E-state index is 0.266. The van der Waals surface area contributed by atoms with Gasteiger partial charge in [-0.15, -0.1) is 0 Å². The van der Waals surface area contributed by atoms with Gasteiger partial charge in [0.2, 0.25) is 5.95 Å². The molecule has 5 nitrogen and oxygen atoms in total. The van der Waals surface area contributed by atoms with E-state index in [-0.39, 0.29) is 12.6 Å². The van der Waals surface area contributed by atoms with E-state index < -0.39 is 0 Å². The van der Waals surface area contributed by atoms with E-state index in [4.69, 9.17) is 17.3 Å². The minimum Gasteiger partial charge on any atom is -0.396 e. The predicted octanol–water partition coefficient (Wildman–Crippen LogP) is 3.83. The molecule has 7 heteroatoms. The molecular formula is C17H21ClN4OS. The van der Waals surface area contributed by atoms with Crippen LogP contribution in [0.15, 0.2) is 40.3 Å². The smallest absolute Gasteiger partial charge is 0.221 e. The fourth-order valence-electron chi connectivity index (χ4n) is 2.87. The summed E-state index contributed by atoms with van der Waals surface area (Å²) >= 11 is 7.52. The van der Waals surface area contributed by atoms with Crippen LogP contribution in [0.4, 0.5) is 11.8 Å². The average molecular weight is 365 g/mol. The van der Waals surface area contributed by atoms with Crippen LogP contribution in [0.25, 0.3) is 0 Å². The van der Waals surface area contributed by atoms with E-state index in [2.05, 4.69) is 15.3 Å². The number of benzene rings is 1. The molecule has 2 aromatic rings. The molecule has 1 saturated carbocycles. The number of nitrogens with two attached hydrogens (primary N) is 1. The Kier molecular flexibility index (Phi) is 5.81. The van der Waals surface area contributed by atoms with Gasteiger partial charge in [-0.2, -0.15) is 4.98 Å². The number of aliphatic hydroxyl groups is 1. The number of aromatic nitrogens is 2. The summed E-state index contributed by atoms with van der Waals surface area (Å²) in [6.45, 7) is 0.283. The van der Waals surface area contributed by atoms with Gasteiger partial charge in [0, 0.05) is 28.8 Å². The number of halogens is 1. The van der Waals surface area contributed by atoms with E-state index in [1.807, 2.05) is 24.3 Å². The lowest BCUT2D eigenvalue weighted by molar-refractivity contribution is 0.185. The zero-order valence-electron chi connectivity index (χ0n) is 13.3. The maximum absolute atomic E-state index is 9.26. The monoisotopic (exact) mass is 364 g/mol. The summed E-state index contributed by atoms with van der Waals surface area (Å²) in [7, 11) is 0. The second-order valence-electron chi connectivity index (χ2n) is 6.04. The van der Waals surface area contributed by atoms with Crippen LogP contribution in [0.2, 0.25) is 5.02 Å². The van der Waals surface area contributed by atoms with Crippen LogP contribution in [0, 0.1) is 5.92 Å². The van der Waals surface area contributed by atoms with Gasteiger partial charge >= 0.3 is 0 Å². The second kappa shape index (κ2) is 8.05. The highest BCUT2D eigenvalue weighted by Gasteiger charge is 2.22. The summed E-state index contributed by atoms with van der Waals surface area (Å²) in [6, 6.07) is 8.03. The van der Waals surface area contributed by atoms with E-state index in [9.17, 15) is 5.11 Å². The maximum Gasteiger partial charge on any atom is 0.221 e. The molecule has 1 fully saturated rings. The van der Waals surface area contributed by atoms with Crippen molar-refractivity contribution < 1.29 is 5.11 Å². The van der Waals surface area contributed by atoms with Crippen LogP contribution in [0.1, 0.15) is 25.7 Å². The molecule has 0 amide bonds. The van der Waals surface area contributed by atoms with Crippen molar-refractivity contribution in [3.05, 3.63) is 35.5 Å². The third-order valence-electron chi connectivity index (χ3n) is 4.26. The standard InChI is InChI=1S/C17H21ClN4OS/c18-12-3-7-14(8-4-12)24-15-9-20-17(19)22-16(15)21-13-5-1-11(10-23)2-6-13/h3-4,7-9,11,13,23H,1-2,5-6,10H2,(H3,19,20,21,22). The fourth-order valence-corrected chi connectivity index (χ4v) is 3.83. The summed E-state index contributed by atoms with van der Waals surface area (Å²) in [6.07, 6.45) is 5.88. The zero-order valence-corrected chi connectivity index (χ0v) is 14.9. The van der Waals surface area contributed by atoms with Gasteiger partial charge in [0.15, 0.2) is 0 Å². The van der Waals surface area contributed by atoms with Gasteiger partial charge in [-0.25, -0.2) is 4.98 Å². The highest BCUT2D eigenvalue weighted by atomic mass is 35.5. The molecular weight excluding hydrogens is 344 g/mol. The minimum absolute atomic E-state index is 0.266. The highest BCUT2D eigenvalue weighted by Crippen LogP contribution is 2.34. The lowest BCUT2D eigenvalue weighted by atomic mass is 9.86. The van der Waals surface area contributed by atoms with Crippen molar-refractivity contribution in [2.24, 2.45) is 5.92 Å². The number of nitrogens with one attached hydrogen (secondary N) is 1. The largest absolute Gasteiger partial charge is 0.396 e. The molecule has 0 radical (unpaired) electrons. The van der Waals surface area contributed by atoms with Gasteiger partial charge in [-0.1, -0.05) is 23.4 Å².